The Morgan fingerprint density at radius 1 is 1.42 bits per heavy atom. The fourth-order valence-corrected chi connectivity index (χ4v) is 0.542. The molecule has 0 aromatic carbocycles. The van der Waals surface area contributed by atoms with Gasteiger partial charge in [-0.1, -0.05) is 0 Å². The molecule has 6 heteroatoms. The number of hydrogen-bond acceptors (Lipinski definition) is 4. The number of carbonyl (C=O) groups is 1. The molecular formula is C6H10F2O4. The molecule has 0 amide bonds. The lowest BCUT2D eigenvalue weighted by atomic mass is 10.1. The van der Waals surface area contributed by atoms with Crippen LogP contribution in [-0.2, 0) is 4.79 Å². The van der Waals surface area contributed by atoms with Crippen LogP contribution in [0, 0.1) is 0 Å². The van der Waals surface area contributed by atoms with Crippen LogP contribution in [0.3, 0.4) is 0 Å². The van der Waals surface area contributed by atoms with Gasteiger partial charge in [0.15, 0.2) is 12.0 Å². The topological polar surface area (TPSA) is 77.8 Å². The van der Waals surface area contributed by atoms with Crippen molar-refractivity contribution in [3.8, 4) is 0 Å². The van der Waals surface area contributed by atoms with Crippen molar-refractivity contribution in [3.63, 3.8) is 0 Å². The van der Waals surface area contributed by atoms with Crippen LogP contribution in [-0.4, -0.2) is 52.8 Å². The molecule has 12 heavy (non-hydrogen) atoms. The van der Waals surface area contributed by atoms with Gasteiger partial charge in [-0.05, 0) is 0 Å². The van der Waals surface area contributed by atoms with Gasteiger partial charge in [-0.15, -0.1) is 0 Å². The first-order valence-electron chi connectivity index (χ1n) is 3.25. The molecule has 3 atom stereocenters. The lowest BCUT2D eigenvalue weighted by molar-refractivity contribution is -0.138. The maximum atomic E-state index is 12.5. The molecule has 0 aliphatic carbocycles. The Hall–Kier alpha value is -0.590. The lowest BCUT2D eigenvalue weighted by Crippen LogP contribution is -2.40. The van der Waals surface area contributed by atoms with Crippen LogP contribution >= 0.6 is 0 Å². The Balaban J connectivity index is 4.09. The summed E-state index contributed by atoms with van der Waals surface area (Å²) in [6.07, 6.45) is -6.46. The Labute approximate surface area is 67.4 Å². The number of carbonyl (C=O) groups excluding carboxylic acids is 1. The number of rotatable bonds is 5. The molecule has 0 saturated heterocycles. The molecule has 0 aliphatic heterocycles. The van der Waals surface area contributed by atoms with Gasteiger partial charge < -0.3 is 15.3 Å². The van der Waals surface area contributed by atoms with Crippen molar-refractivity contribution in [1.29, 1.82) is 0 Å². The van der Waals surface area contributed by atoms with Crippen molar-refractivity contribution in [2.45, 2.75) is 18.4 Å². The van der Waals surface area contributed by atoms with E-state index in [9.17, 15) is 13.6 Å². The first-order valence-corrected chi connectivity index (χ1v) is 3.25. The third-order valence-corrected chi connectivity index (χ3v) is 1.27. The summed E-state index contributed by atoms with van der Waals surface area (Å²) >= 11 is 0. The van der Waals surface area contributed by atoms with Crippen LogP contribution in [0.1, 0.15) is 0 Å². The maximum Gasteiger partial charge on any atom is 0.200 e. The van der Waals surface area contributed by atoms with Crippen molar-refractivity contribution in [2.75, 3.05) is 13.3 Å². The van der Waals surface area contributed by atoms with E-state index in [4.69, 9.17) is 15.3 Å². The zero-order valence-electron chi connectivity index (χ0n) is 6.15. The second kappa shape index (κ2) is 5.13. The van der Waals surface area contributed by atoms with E-state index in [2.05, 4.69) is 0 Å². The van der Waals surface area contributed by atoms with Crippen molar-refractivity contribution >= 4 is 5.78 Å². The molecule has 0 heterocycles. The van der Waals surface area contributed by atoms with Gasteiger partial charge in [-0.3, -0.25) is 4.79 Å². The van der Waals surface area contributed by atoms with Crippen LogP contribution in [0.25, 0.3) is 0 Å². The van der Waals surface area contributed by atoms with E-state index in [0.29, 0.717) is 0 Å². The molecule has 0 aromatic heterocycles. The number of ketones is 1. The highest BCUT2D eigenvalue weighted by Crippen LogP contribution is 2.04. The molecule has 0 aromatic rings. The Kier molecular flexibility index (Phi) is 4.87. The van der Waals surface area contributed by atoms with E-state index in [1.807, 2.05) is 0 Å². The standard InChI is InChI=1S/C6H10F2O4/c7-1-3(10)5(8)6(12)4(11)2-9/h3-5,9-11H,1-2H2/t3-,4+,5-/m1/s1. The third kappa shape index (κ3) is 2.80. The largest absolute Gasteiger partial charge is 0.393 e. The average Bonchev–Trinajstić information content (AvgIpc) is 2.12. The predicted molar refractivity (Wildman–Crippen MR) is 35.0 cm³/mol. The summed E-state index contributed by atoms with van der Waals surface area (Å²) < 4.78 is 24.1. The summed E-state index contributed by atoms with van der Waals surface area (Å²) in [5.74, 6) is -1.41. The van der Waals surface area contributed by atoms with E-state index in [-0.39, 0.29) is 0 Å². The van der Waals surface area contributed by atoms with Crippen molar-refractivity contribution < 1.29 is 28.9 Å². The molecular weight excluding hydrogens is 174 g/mol. The number of aliphatic hydroxyl groups excluding tert-OH is 3. The van der Waals surface area contributed by atoms with Gasteiger partial charge in [-0.2, -0.15) is 0 Å². The van der Waals surface area contributed by atoms with Gasteiger partial charge in [0.05, 0.1) is 6.61 Å². The van der Waals surface area contributed by atoms with E-state index in [1.165, 1.54) is 0 Å². The fraction of sp³-hybridized carbons (Fsp3) is 0.833. The van der Waals surface area contributed by atoms with Gasteiger partial charge in [0.25, 0.3) is 0 Å². The highest BCUT2D eigenvalue weighted by Gasteiger charge is 2.30. The Morgan fingerprint density at radius 2 is 1.92 bits per heavy atom. The average molecular weight is 184 g/mol. The molecule has 0 aliphatic rings. The molecule has 0 fully saturated rings. The third-order valence-electron chi connectivity index (χ3n) is 1.27. The molecule has 0 bridgehead atoms. The molecule has 0 spiro atoms. The Morgan fingerprint density at radius 3 is 2.25 bits per heavy atom. The minimum Gasteiger partial charge on any atom is -0.393 e. The second-order valence-electron chi connectivity index (χ2n) is 2.22. The smallest absolute Gasteiger partial charge is 0.200 e. The van der Waals surface area contributed by atoms with Gasteiger partial charge in [0, 0.05) is 0 Å². The minimum absolute atomic E-state index is 0.946. The van der Waals surface area contributed by atoms with Crippen LogP contribution in [0.2, 0.25) is 0 Å². The van der Waals surface area contributed by atoms with Gasteiger partial charge in [0.2, 0.25) is 0 Å². The number of hydrogen-bond donors (Lipinski definition) is 3. The van der Waals surface area contributed by atoms with Crippen LogP contribution in [0.15, 0.2) is 0 Å². The quantitative estimate of drug-likeness (QED) is 0.490. The number of Topliss-reactive ketones (excluding diaryl/α,β-unsaturated/α-hetero) is 1. The first-order chi connectivity index (χ1) is 5.54. The number of alkyl halides is 2. The zero-order chi connectivity index (χ0) is 9.72. The summed E-state index contributed by atoms with van der Waals surface area (Å²) in [4.78, 5) is 10.6. The van der Waals surface area contributed by atoms with Gasteiger partial charge in [0.1, 0.15) is 18.9 Å². The molecule has 4 nitrogen and oxygen atoms in total. The first kappa shape index (κ1) is 11.4. The minimum atomic E-state index is -2.49. The van der Waals surface area contributed by atoms with E-state index < -0.39 is 37.4 Å². The van der Waals surface area contributed by atoms with Crippen molar-refractivity contribution in [1.82, 2.24) is 0 Å². The second-order valence-corrected chi connectivity index (χ2v) is 2.22. The number of halogens is 2. The Bertz CT molecular complexity index is 152. The van der Waals surface area contributed by atoms with Crippen LogP contribution < -0.4 is 0 Å². The van der Waals surface area contributed by atoms with E-state index in [0.717, 1.165) is 0 Å². The number of aliphatic hydroxyl groups is 3. The lowest BCUT2D eigenvalue weighted by Gasteiger charge is -2.13. The van der Waals surface area contributed by atoms with Crippen LogP contribution in [0.4, 0.5) is 8.78 Å². The molecule has 3 N–H and O–H groups in total. The zero-order valence-corrected chi connectivity index (χ0v) is 6.15. The molecule has 72 valence electrons. The SMILES string of the molecule is O=C([C@@H](O)CO)[C@H](F)[C@H](O)CF. The van der Waals surface area contributed by atoms with Crippen molar-refractivity contribution in [2.24, 2.45) is 0 Å². The molecule has 0 saturated carbocycles. The van der Waals surface area contributed by atoms with Gasteiger partial charge >= 0.3 is 0 Å². The fourth-order valence-electron chi connectivity index (χ4n) is 0.542. The predicted octanol–water partition coefficient (Wildman–Crippen LogP) is -1.42. The summed E-state index contributed by atoms with van der Waals surface area (Å²) in [7, 11) is 0. The van der Waals surface area contributed by atoms with Crippen molar-refractivity contribution in [3.05, 3.63) is 0 Å². The highest BCUT2D eigenvalue weighted by molar-refractivity contribution is 5.87. The summed E-state index contributed by atoms with van der Waals surface area (Å²) in [5.41, 5.74) is 0. The van der Waals surface area contributed by atoms with E-state index >= 15 is 0 Å². The monoisotopic (exact) mass is 184 g/mol. The van der Waals surface area contributed by atoms with Gasteiger partial charge in [-0.25, -0.2) is 8.78 Å². The molecule has 0 unspecified atom stereocenters. The highest BCUT2D eigenvalue weighted by atomic mass is 19.1. The summed E-state index contributed by atoms with van der Waals surface area (Å²) in [5, 5.41) is 25.2. The maximum absolute atomic E-state index is 12.5. The van der Waals surface area contributed by atoms with E-state index in [1.54, 1.807) is 0 Å². The normalized spacial score (nSPS) is 18.4. The summed E-state index contributed by atoms with van der Waals surface area (Å²) in [6.45, 7) is -2.36. The molecule has 0 rings (SSSR count). The molecule has 0 radical (unpaired) electrons. The van der Waals surface area contributed by atoms with Crippen LogP contribution in [0.5, 0.6) is 0 Å². The summed E-state index contributed by atoms with van der Waals surface area (Å²) in [6, 6.07) is 0.